The summed E-state index contributed by atoms with van der Waals surface area (Å²) in [5, 5.41) is 5.68. The van der Waals surface area contributed by atoms with E-state index >= 15 is 0 Å². The number of nitrogens with zero attached hydrogens (tertiary/aromatic N) is 1. The molecule has 0 spiro atoms. The lowest BCUT2D eigenvalue weighted by Gasteiger charge is -2.24. The molecule has 0 aliphatic heterocycles. The number of rotatable bonds is 8. The van der Waals surface area contributed by atoms with Gasteiger partial charge in [0.1, 0.15) is 5.82 Å². The van der Waals surface area contributed by atoms with Crippen LogP contribution in [0, 0.1) is 5.82 Å². The Labute approximate surface area is 165 Å². The van der Waals surface area contributed by atoms with Gasteiger partial charge in [-0.3, -0.25) is 14.5 Å². The third-order valence-electron chi connectivity index (χ3n) is 4.92. The Bertz CT molecular complexity index is 808. The summed E-state index contributed by atoms with van der Waals surface area (Å²) < 4.78 is 12.9. The Kier molecular flexibility index (Phi) is 7.70. The normalized spacial score (nSPS) is 13.1. The van der Waals surface area contributed by atoms with E-state index in [0.717, 1.165) is 17.7 Å². The molecule has 0 radical (unpaired) electrons. The SMILES string of the molecule is CC[C@H](C)c1ccccc1NC(=O)[C@@H](C)N(C)CC(=O)Nc1ccc(F)cc1. The van der Waals surface area contributed by atoms with E-state index in [-0.39, 0.29) is 24.2 Å². The number of anilines is 2. The van der Waals surface area contributed by atoms with Crippen molar-refractivity contribution in [3.05, 3.63) is 59.9 Å². The zero-order valence-corrected chi connectivity index (χ0v) is 16.8. The highest BCUT2D eigenvalue weighted by Crippen LogP contribution is 2.26. The maximum atomic E-state index is 12.9. The largest absolute Gasteiger partial charge is 0.325 e. The van der Waals surface area contributed by atoms with E-state index in [2.05, 4.69) is 24.5 Å². The van der Waals surface area contributed by atoms with Gasteiger partial charge in [0, 0.05) is 11.4 Å². The molecule has 28 heavy (non-hydrogen) atoms. The van der Waals surface area contributed by atoms with Crippen LogP contribution in [0.2, 0.25) is 0 Å². The summed E-state index contributed by atoms with van der Waals surface area (Å²) in [7, 11) is 1.72. The predicted molar refractivity (Wildman–Crippen MR) is 111 cm³/mol. The number of carbonyl (C=O) groups is 2. The highest BCUT2D eigenvalue weighted by Gasteiger charge is 2.21. The summed E-state index contributed by atoms with van der Waals surface area (Å²) in [5.74, 6) is -0.467. The van der Waals surface area contributed by atoms with Crippen LogP contribution in [0.25, 0.3) is 0 Å². The number of benzene rings is 2. The third kappa shape index (κ3) is 5.89. The number of hydrogen-bond donors (Lipinski definition) is 2. The minimum atomic E-state index is -0.496. The van der Waals surface area contributed by atoms with Gasteiger partial charge in [-0.05, 0) is 62.2 Å². The van der Waals surface area contributed by atoms with Gasteiger partial charge in [-0.2, -0.15) is 0 Å². The molecule has 0 saturated heterocycles. The Hall–Kier alpha value is -2.73. The zero-order valence-electron chi connectivity index (χ0n) is 16.8. The molecule has 0 heterocycles. The molecule has 2 amide bonds. The second-order valence-corrected chi connectivity index (χ2v) is 7.03. The monoisotopic (exact) mass is 385 g/mol. The topological polar surface area (TPSA) is 61.4 Å². The maximum absolute atomic E-state index is 12.9. The first-order valence-corrected chi connectivity index (χ1v) is 9.47. The maximum Gasteiger partial charge on any atom is 0.241 e. The van der Waals surface area contributed by atoms with Gasteiger partial charge in [0.2, 0.25) is 11.8 Å². The molecule has 2 aromatic rings. The van der Waals surface area contributed by atoms with Crippen LogP contribution in [0.3, 0.4) is 0 Å². The lowest BCUT2D eigenvalue weighted by Crippen LogP contribution is -2.43. The van der Waals surface area contributed by atoms with E-state index in [0.29, 0.717) is 11.6 Å². The summed E-state index contributed by atoms with van der Waals surface area (Å²) in [6.07, 6.45) is 0.978. The molecule has 0 unspecified atom stereocenters. The average Bonchev–Trinajstić information content (AvgIpc) is 2.68. The van der Waals surface area contributed by atoms with Crippen LogP contribution in [-0.2, 0) is 9.59 Å². The summed E-state index contributed by atoms with van der Waals surface area (Å²) in [6, 6.07) is 12.8. The van der Waals surface area contributed by atoms with Crippen molar-refractivity contribution in [2.75, 3.05) is 24.2 Å². The molecule has 0 aliphatic rings. The molecule has 0 saturated carbocycles. The van der Waals surface area contributed by atoms with Gasteiger partial charge in [-0.25, -0.2) is 4.39 Å². The Balaban J connectivity index is 1.95. The standard InChI is InChI=1S/C22H28FN3O2/c1-5-15(2)19-8-6-7-9-20(19)25-22(28)16(3)26(4)14-21(27)24-18-12-10-17(23)11-13-18/h6-13,15-16H,5,14H2,1-4H3,(H,24,27)(H,25,28)/t15-,16+/m0/s1. The minimum Gasteiger partial charge on any atom is -0.325 e. The van der Waals surface area contributed by atoms with Crippen molar-refractivity contribution in [2.45, 2.75) is 39.2 Å². The second-order valence-electron chi connectivity index (χ2n) is 7.03. The Morgan fingerprint density at radius 2 is 1.68 bits per heavy atom. The van der Waals surface area contributed by atoms with Gasteiger partial charge >= 0.3 is 0 Å². The fourth-order valence-corrected chi connectivity index (χ4v) is 2.80. The average molecular weight is 385 g/mol. The quantitative estimate of drug-likeness (QED) is 0.715. The third-order valence-corrected chi connectivity index (χ3v) is 4.92. The number of amides is 2. The highest BCUT2D eigenvalue weighted by atomic mass is 19.1. The van der Waals surface area contributed by atoms with Gasteiger partial charge in [0.15, 0.2) is 0 Å². The van der Waals surface area contributed by atoms with Gasteiger partial charge in [-0.15, -0.1) is 0 Å². The Morgan fingerprint density at radius 1 is 1.04 bits per heavy atom. The summed E-state index contributed by atoms with van der Waals surface area (Å²) in [5.41, 5.74) is 2.42. The molecule has 2 aromatic carbocycles. The van der Waals surface area contributed by atoms with Crippen molar-refractivity contribution < 1.29 is 14.0 Å². The van der Waals surface area contributed by atoms with Gasteiger partial charge < -0.3 is 10.6 Å². The second kappa shape index (κ2) is 9.99. The molecule has 0 aromatic heterocycles. The first kappa shape index (κ1) is 21.6. The van der Waals surface area contributed by atoms with Gasteiger partial charge in [0.25, 0.3) is 0 Å². The van der Waals surface area contributed by atoms with Crippen LogP contribution in [0.15, 0.2) is 48.5 Å². The molecule has 2 N–H and O–H groups in total. The highest BCUT2D eigenvalue weighted by molar-refractivity contribution is 5.96. The fraction of sp³-hybridized carbons (Fsp3) is 0.364. The van der Waals surface area contributed by atoms with E-state index in [1.54, 1.807) is 18.9 Å². The number of nitrogens with one attached hydrogen (secondary N) is 2. The number of likely N-dealkylation sites (N-methyl/N-ethyl adjacent to an activating group) is 1. The molecule has 6 heteroatoms. The molecule has 0 aliphatic carbocycles. The lowest BCUT2D eigenvalue weighted by molar-refractivity contribution is -0.122. The molecule has 5 nitrogen and oxygen atoms in total. The van der Waals surface area contributed by atoms with Crippen LogP contribution in [-0.4, -0.2) is 36.3 Å². The molecule has 2 atom stereocenters. The number of halogens is 1. The summed E-state index contributed by atoms with van der Waals surface area (Å²) >= 11 is 0. The van der Waals surface area contributed by atoms with Crippen LogP contribution in [0.1, 0.15) is 38.7 Å². The van der Waals surface area contributed by atoms with Crippen molar-refractivity contribution >= 4 is 23.2 Å². The molecular formula is C22H28FN3O2. The molecule has 0 fully saturated rings. The van der Waals surface area contributed by atoms with E-state index < -0.39 is 6.04 Å². The van der Waals surface area contributed by atoms with Crippen LogP contribution in [0.5, 0.6) is 0 Å². The molecule has 0 bridgehead atoms. The van der Waals surface area contributed by atoms with Gasteiger partial charge in [-0.1, -0.05) is 32.0 Å². The van der Waals surface area contributed by atoms with Crippen molar-refractivity contribution in [1.29, 1.82) is 0 Å². The molecule has 150 valence electrons. The number of hydrogen-bond acceptors (Lipinski definition) is 3. The number of para-hydroxylation sites is 1. The smallest absolute Gasteiger partial charge is 0.241 e. The Morgan fingerprint density at radius 3 is 2.32 bits per heavy atom. The van der Waals surface area contributed by atoms with Crippen molar-refractivity contribution in [1.82, 2.24) is 4.90 Å². The molecular weight excluding hydrogens is 357 g/mol. The first-order valence-electron chi connectivity index (χ1n) is 9.47. The van der Waals surface area contributed by atoms with E-state index in [9.17, 15) is 14.0 Å². The predicted octanol–water partition coefficient (Wildman–Crippen LogP) is 4.24. The fourth-order valence-electron chi connectivity index (χ4n) is 2.80. The van der Waals surface area contributed by atoms with Crippen LogP contribution >= 0.6 is 0 Å². The summed E-state index contributed by atoms with van der Waals surface area (Å²) in [6.45, 7) is 6.03. The lowest BCUT2D eigenvalue weighted by atomic mass is 9.97. The molecule has 2 rings (SSSR count). The minimum absolute atomic E-state index is 0.0406. The van der Waals surface area contributed by atoms with E-state index in [1.807, 2.05) is 24.3 Å². The van der Waals surface area contributed by atoms with Crippen molar-refractivity contribution in [3.8, 4) is 0 Å². The van der Waals surface area contributed by atoms with Crippen molar-refractivity contribution in [3.63, 3.8) is 0 Å². The van der Waals surface area contributed by atoms with Crippen molar-refractivity contribution in [2.24, 2.45) is 0 Å². The van der Waals surface area contributed by atoms with E-state index in [1.165, 1.54) is 24.3 Å². The summed E-state index contributed by atoms with van der Waals surface area (Å²) in [4.78, 5) is 26.5. The van der Waals surface area contributed by atoms with Crippen LogP contribution in [0.4, 0.5) is 15.8 Å². The zero-order chi connectivity index (χ0) is 20.7. The van der Waals surface area contributed by atoms with Crippen LogP contribution < -0.4 is 10.6 Å². The first-order chi connectivity index (χ1) is 13.3. The number of carbonyl (C=O) groups excluding carboxylic acids is 2. The van der Waals surface area contributed by atoms with Gasteiger partial charge in [0.05, 0.1) is 12.6 Å². The van der Waals surface area contributed by atoms with E-state index in [4.69, 9.17) is 0 Å².